The molecule has 3 heterocycles. The van der Waals surface area contributed by atoms with Crippen LogP contribution in [0.25, 0.3) is 85.2 Å². The number of nitrogens with zero attached hydrogens (tertiary/aromatic N) is 2. The fourth-order valence-electron chi connectivity index (χ4n) is 7.79. The summed E-state index contributed by atoms with van der Waals surface area (Å²) in [5.74, 6) is 0. The monoisotopic (exact) mass is 726 g/mol. The Labute approximate surface area is 319 Å². The molecule has 3 nitrogen and oxygen atoms in total. The number of benzene rings is 8. The highest BCUT2D eigenvalue weighted by atomic mass is 32.1. The Morgan fingerprint density at radius 2 is 1.06 bits per heavy atom. The van der Waals surface area contributed by atoms with E-state index in [1.165, 1.54) is 36.0 Å². The molecule has 0 aliphatic heterocycles. The van der Waals surface area contributed by atoms with Crippen molar-refractivity contribution in [3.05, 3.63) is 182 Å². The fraction of sp³-hybridized carbons (Fsp3) is 0. The molecule has 8 aromatic carbocycles. The molecule has 0 radical (unpaired) electrons. The van der Waals surface area contributed by atoms with E-state index in [1.54, 1.807) is 11.3 Å². The van der Waals surface area contributed by atoms with Gasteiger partial charge in [0.05, 0.1) is 10.2 Å². The first-order chi connectivity index (χ1) is 26.7. The number of fused-ring (bicyclic) bond motifs is 8. The van der Waals surface area contributed by atoms with Crippen LogP contribution < -0.4 is 4.90 Å². The van der Waals surface area contributed by atoms with Gasteiger partial charge in [-0.1, -0.05) is 115 Å². The van der Waals surface area contributed by atoms with E-state index in [-0.39, 0.29) is 0 Å². The molecule has 3 aromatic heterocycles. The van der Waals surface area contributed by atoms with E-state index in [4.69, 9.17) is 9.40 Å². The van der Waals surface area contributed by atoms with Gasteiger partial charge in [-0.15, -0.1) is 22.7 Å². The van der Waals surface area contributed by atoms with Crippen molar-refractivity contribution in [3.8, 4) is 32.8 Å². The molecule has 11 aromatic rings. The van der Waals surface area contributed by atoms with Crippen molar-refractivity contribution in [2.45, 2.75) is 0 Å². The number of aromatic nitrogens is 1. The summed E-state index contributed by atoms with van der Waals surface area (Å²) < 4.78 is 10.00. The van der Waals surface area contributed by atoms with Crippen LogP contribution in [0.15, 0.2) is 186 Å². The van der Waals surface area contributed by atoms with E-state index in [0.717, 1.165) is 66.2 Å². The molecule has 0 N–H and O–H groups in total. The van der Waals surface area contributed by atoms with Crippen LogP contribution in [0, 0.1) is 0 Å². The molecular formula is C49H30N2OS2. The molecule has 0 spiro atoms. The molecule has 0 amide bonds. The minimum Gasteiger partial charge on any atom is -0.456 e. The SMILES string of the molecule is c1ccc(-c2ccc(N(c3cccc(-c4cccc5oc6ccccc6c45)c3)c3ccc4sc5ccc6sc(-c7ccccc7)nc6c5c4c3)cc2)cc1. The summed E-state index contributed by atoms with van der Waals surface area (Å²) in [5, 5.41) is 5.75. The van der Waals surface area contributed by atoms with Gasteiger partial charge in [-0.2, -0.15) is 0 Å². The summed E-state index contributed by atoms with van der Waals surface area (Å²) in [7, 11) is 0. The molecule has 0 fully saturated rings. The number of anilines is 3. The van der Waals surface area contributed by atoms with Gasteiger partial charge in [0.25, 0.3) is 0 Å². The average Bonchev–Trinajstić information content (AvgIpc) is 3.95. The summed E-state index contributed by atoms with van der Waals surface area (Å²) in [4.78, 5) is 7.63. The maximum absolute atomic E-state index is 6.29. The van der Waals surface area contributed by atoms with Crippen molar-refractivity contribution >= 4 is 92.1 Å². The summed E-state index contributed by atoms with van der Waals surface area (Å²) in [6.07, 6.45) is 0. The number of thiophene rings is 1. The normalized spacial score (nSPS) is 11.7. The lowest BCUT2D eigenvalue weighted by atomic mass is 9.98. The molecule has 5 heteroatoms. The molecular weight excluding hydrogens is 697 g/mol. The highest BCUT2D eigenvalue weighted by Gasteiger charge is 2.19. The molecule has 0 unspecified atom stereocenters. The smallest absolute Gasteiger partial charge is 0.136 e. The number of furan rings is 1. The van der Waals surface area contributed by atoms with Crippen LogP contribution in [-0.2, 0) is 0 Å². The lowest BCUT2D eigenvalue weighted by Crippen LogP contribution is -2.10. The Morgan fingerprint density at radius 3 is 1.91 bits per heavy atom. The third kappa shape index (κ3) is 5.12. The Balaban J connectivity index is 1.10. The van der Waals surface area contributed by atoms with Gasteiger partial charge in [0.1, 0.15) is 16.2 Å². The van der Waals surface area contributed by atoms with Crippen LogP contribution in [0.5, 0.6) is 0 Å². The molecule has 0 saturated carbocycles. The molecule has 0 atom stereocenters. The Morgan fingerprint density at radius 1 is 0.407 bits per heavy atom. The summed E-state index contributed by atoms with van der Waals surface area (Å²) in [5.41, 5.74) is 11.9. The Hall–Kier alpha value is -6.53. The zero-order chi connectivity index (χ0) is 35.6. The number of hydrogen-bond donors (Lipinski definition) is 0. The van der Waals surface area contributed by atoms with Crippen molar-refractivity contribution in [2.24, 2.45) is 0 Å². The first-order valence-electron chi connectivity index (χ1n) is 18.0. The predicted octanol–water partition coefficient (Wildman–Crippen LogP) is 15.0. The summed E-state index contributed by atoms with van der Waals surface area (Å²) in [6.45, 7) is 0. The molecule has 254 valence electrons. The van der Waals surface area contributed by atoms with Crippen molar-refractivity contribution in [2.75, 3.05) is 4.90 Å². The van der Waals surface area contributed by atoms with Gasteiger partial charge in [0, 0.05) is 53.6 Å². The van der Waals surface area contributed by atoms with E-state index in [2.05, 4.69) is 175 Å². The number of thiazole rings is 1. The molecule has 54 heavy (non-hydrogen) atoms. The minimum absolute atomic E-state index is 0.894. The van der Waals surface area contributed by atoms with Crippen molar-refractivity contribution in [1.82, 2.24) is 4.98 Å². The number of hydrogen-bond acceptors (Lipinski definition) is 5. The standard InChI is InChI=1S/C49H30N2OS2/c1-3-11-31(12-4-1)32-21-23-35(24-22-32)51(36-16-9-15-34(29-36)38-18-10-20-42-46(38)39-17-7-8-19-41(39)52-42)37-25-26-43-40(30-37)47-44(53-43)27-28-45-48(47)50-49(54-45)33-13-5-2-6-14-33/h1-30H. The Kier molecular flexibility index (Phi) is 7.22. The highest BCUT2D eigenvalue weighted by molar-refractivity contribution is 7.26. The molecule has 11 rings (SSSR count). The van der Waals surface area contributed by atoms with Crippen LogP contribution in [0.1, 0.15) is 0 Å². The third-order valence-corrected chi connectivity index (χ3v) is 12.5. The van der Waals surface area contributed by atoms with Crippen LogP contribution in [0.3, 0.4) is 0 Å². The average molecular weight is 727 g/mol. The molecule has 0 aliphatic rings. The summed E-state index contributed by atoms with van der Waals surface area (Å²) >= 11 is 3.59. The van der Waals surface area contributed by atoms with Crippen LogP contribution in [0.2, 0.25) is 0 Å². The van der Waals surface area contributed by atoms with Gasteiger partial charge >= 0.3 is 0 Å². The maximum Gasteiger partial charge on any atom is 0.136 e. The van der Waals surface area contributed by atoms with Crippen LogP contribution >= 0.6 is 22.7 Å². The highest BCUT2D eigenvalue weighted by Crippen LogP contribution is 2.45. The van der Waals surface area contributed by atoms with Crippen molar-refractivity contribution in [3.63, 3.8) is 0 Å². The van der Waals surface area contributed by atoms with E-state index >= 15 is 0 Å². The van der Waals surface area contributed by atoms with Gasteiger partial charge < -0.3 is 9.32 Å². The van der Waals surface area contributed by atoms with Crippen LogP contribution in [0.4, 0.5) is 17.1 Å². The van der Waals surface area contributed by atoms with E-state index in [9.17, 15) is 0 Å². The van der Waals surface area contributed by atoms with E-state index in [1.807, 2.05) is 23.5 Å². The maximum atomic E-state index is 6.29. The second-order valence-electron chi connectivity index (χ2n) is 13.5. The number of para-hydroxylation sites is 1. The second-order valence-corrected chi connectivity index (χ2v) is 15.6. The lowest BCUT2D eigenvalue weighted by molar-refractivity contribution is 0.669. The largest absolute Gasteiger partial charge is 0.456 e. The van der Waals surface area contributed by atoms with Gasteiger partial charge in [-0.05, 0) is 89.0 Å². The minimum atomic E-state index is 0.894. The molecule has 0 aliphatic carbocycles. The lowest BCUT2D eigenvalue weighted by Gasteiger charge is -2.26. The first kappa shape index (κ1) is 31.0. The van der Waals surface area contributed by atoms with Gasteiger partial charge in [-0.25, -0.2) is 4.98 Å². The van der Waals surface area contributed by atoms with Gasteiger partial charge in [-0.3, -0.25) is 0 Å². The van der Waals surface area contributed by atoms with Crippen molar-refractivity contribution in [1.29, 1.82) is 0 Å². The van der Waals surface area contributed by atoms with E-state index < -0.39 is 0 Å². The van der Waals surface area contributed by atoms with Gasteiger partial charge in [0.15, 0.2) is 0 Å². The fourth-order valence-corrected chi connectivity index (χ4v) is 9.86. The van der Waals surface area contributed by atoms with E-state index in [0.29, 0.717) is 0 Å². The zero-order valence-corrected chi connectivity index (χ0v) is 30.6. The quantitative estimate of drug-likeness (QED) is 0.171. The first-order valence-corrected chi connectivity index (χ1v) is 19.7. The van der Waals surface area contributed by atoms with Crippen molar-refractivity contribution < 1.29 is 4.42 Å². The summed E-state index contributed by atoms with van der Waals surface area (Å²) in [6, 6.07) is 64.9. The molecule has 0 bridgehead atoms. The van der Waals surface area contributed by atoms with Crippen LogP contribution in [-0.4, -0.2) is 4.98 Å². The molecule has 0 saturated heterocycles. The third-order valence-electron chi connectivity index (χ3n) is 10.3. The predicted molar refractivity (Wildman–Crippen MR) is 231 cm³/mol. The Bertz CT molecular complexity index is 3160. The topological polar surface area (TPSA) is 29.3 Å². The zero-order valence-electron chi connectivity index (χ0n) is 28.9. The second kappa shape index (κ2) is 12.6. The van der Waals surface area contributed by atoms with Gasteiger partial charge in [0.2, 0.25) is 0 Å². The number of rotatable bonds is 6.